The van der Waals surface area contributed by atoms with Crippen molar-refractivity contribution in [2.75, 3.05) is 43.4 Å². The predicted octanol–water partition coefficient (Wildman–Crippen LogP) is 2.35. The minimum Gasteiger partial charge on any atom is -0.396 e. The van der Waals surface area contributed by atoms with Crippen LogP contribution in [0.15, 0.2) is 30.5 Å². The van der Waals surface area contributed by atoms with Gasteiger partial charge in [0.05, 0.1) is 16.9 Å². The first-order chi connectivity index (χ1) is 9.79. The van der Waals surface area contributed by atoms with Gasteiger partial charge >= 0.3 is 0 Å². The number of nitrogens with two attached hydrogens (primary N) is 1. The quantitative estimate of drug-likeness (QED) is 0.870. The van der Waals surface area contributed by atoms with Crippen LogP contribution in [0, 0.1) is 0 Å². The molecule has 1 aromatic heterocycles. The number of hydrogen-bond acceptors (Lipinski definition) is 4. The summed E-state index contributed by atoms with van der Waals surface area (Å²) in [6.45, 7) is 7.79. The number of pyridine rings is 1. The lowest BCUT2D eigenvalue weighted by Crippen LogP contribution is -2.46. The number of anilines is 2. The molecule has 0 saturated carbocycles. The van der Waals surface area contributed by atoms with E-state index in [0.29, 0.717) is 0 Å². The maximum atomic E-state index is 6.35. The number of nitrogen functional groups attached to an aromatic ring is 1. The highest BCUT2D eigenvalue weighted by atomic mass is 15.3. The van der Waals surface area contributed by atoms with E-state index in [1.165, 1.54) is 13.0 Å². The van der Waals surface area contributed by atoms with Gasteiger partial charge in [-0.25, -0.2) is 0 Å². The molecule has 106 valence electrons. The van der Waals surface area contributed by atoms with Crippen LogP contribution in [0.4, 0.5) is 11.4 Å². The van der Waals surface area contributed by atoms with E-state index in [0.717, 1.165) is 48.5 Å². The first-order valence-corrected chi connectivity index (χ1v) is 7.40. The third kappa shape index (κ3) is 2.43. The highest BCUT2D eigenvalue weighted by molar-refractivity contribution is 5.97. The van der Waals surface area contributed by atoms with E-state index in [1.54, 1.807) is 0 Å². The van der Waals surface area contributed by atoms with Crippen LogP contribution in [-0.2, 0) is 0 Å². The Hall–Kier alpha value is -1.81. The molecule has 0 amide bonds. The molecule has 0 unspecified atom stereocenters. The smallest absolute Gasteiger partial charge is 0.0724 e. The molecule has 1 saturated heterocycles. The Kier molecular flexibility index (Phi) is 3.74. The second-order valence-electron chi connectivity index (χ2n) is 5.40. The van der Waals surface area contributed by atoms with Crippen molar-refractivity contribution in [2.24, 2.45) is 0 Å². The summed E-state index contributed by atoms with van der Waals surface area (Å²) in [6, 6.07) is 8.18. The maximum Gasteiger partial charge on any atom is 0.0724 e. The zero-order valence-corrected chi connectivity index (χ0v) is 12.0. The summed E-state index contributed by atoms with van der Waals surface area (Å²) in [7, 11) is 0. The molecule has 1 aromatic carbocycles. The van der Waals surface area contributed by atoms with Gasteiger partial charge in [0, 0.05) is 37.8 Å². The summed E-state index contributed by atoms with van der Waals surface area (Å²) in [5.41, 5.74) is 9.33. The summed E-state index contributed by atoms with van der Waals surface area (Å²) in [5.74, 6) is 0. The SMILES string of the molecule is CCCN1CCN(c2ccc3ncccc3c2N)CC1. The van der Waals surface area contributed by atoms with Crippen molar-refractivity contribution in [2.45, 2.75) is 13.3 Å². The third-order valence-electron chi connectivity index (χ3n) is 4.06. The Labute approximate surface area is 120 Å². The Morgan fingerprint density at radius 1 is 1.15 bits per heavy atom. The molecule has 4 heteroatoms. The summed E-state index contributed by atoms with van der Waals surface area (Å²) >= 11 is 0. The standard InChI is InChI=1S/C16H22N4/c1-2-8-19-9-11-20(12-10-19)15-6-5-14-13(16(15)17)4-3-7-18-14/h3-7H,2,8-12,17H2,1H3. The van der Waals surface area contributed by atoms with Crippen molar-refractivity contribution < 1.29 is 0 Å². The van der Waals surface area contributed by atoms with Crippen LogP contribution in [0.2, 0.25) is 0 Å². The maximum absolute atomic E-state index is 6.35. The number of nitrogens with zero attached hydrogens (tertiary/aromatic N) is 3. The van der Waals surface area contributed by atoms with E-state index in [2.05, 4.69) is 39.9 Å². The molecule has 1 aliphatic heterocycles. The average Bonchev–Trinajstić information content (AvgIpc) is 2.49. The van der Waals surface area contributed by atoms with Gasteiger partial charge in [-0.2, -0.15) is 0 Å². The molecule has 3 rings (SSSR count). The van der Waals surface area contributed by atoms with Crippen LogP contribution >= 0.6 is 0 Å². The topological polar surface area (TPSA) is 45.4 Å². The first kappa shape index (κ1) is 13.2. The van der Waals surface area contributed by atoms with Gasteiger partial charge in [0.2, 0.25) is 0 Å². The van der Waals surface area contributed by atoms with Gasteiger partial charge in [-0.15, -0.1) is 0 Å². The van der Waals surface area contributed by atoms with Crippen LogP contribution in [0.5, 0.6) is 0 Å². The van der Waals surface area contributed by atoms with Crippen molar-refractivity contribution >= 4 is 22.3 Å². The van der Waals surface area contributed by atoms with E-state index in [1.807, 2.05) is 12.3 Å². The van der Waals surface area contributed by atoms with Crippen molar-refractivity contribution in [3.05, 3.63) is 30.5 Å². The van der Waals surface area contributed by atoms with Crippen molar-refractivity contribution in [3.63, 3.8) is 0 Å². The van der Waals surface area contributed by atoms with E-state index >= 15 is 0 Å². The number of hydrogen-bond donors (Lipinski definition) is 1. The molecule has 4 nitrogen and oxygen atoms in total. The van der Waals surface area contributed by atoms with Crippen LogP contribution < -0.4 is 10.6 Å². The van der Waals surface area contributed by atoms with Crippen molar-refractivity contribution in [1.29, 1.82) is 0 Å². The van der Waals surface area contributed by atoms with Crippen LogP contribution in [0.3, 0.4) is 0 Å². The van der Waals surface area contributed by atoms with Gasteiger partial charge in [0.15, 0.2) is 0 Å². The second kappa shape index (κ2) is 5.67. The van der Waals surface area contributed by atoms with E-state index in [4.69, 9.17) is 5.73 Å². The minimum absolute atomic E-state index is 0.861. The zero-order valence-electron chi connectivity index (χ0n) is 12.0. The number of piperazine rings is 1. The monoisotopic (exact) mass is 270 g/mol. The van der Waals surface area contributed by atoms with Gasteiger partial charge in [0.25, 0.3) is 0 Å². The highest BCUT2D eigenvalue weighted by Crippen LogP contribution is 2.30. The molecule has 0 spiro atoms. The highest BCUT2D eigenvalue weighted by Gasteiger charge is 2.18. The summed E-state index contributed by atoms with van der Waals surface area (Å²) < 4.78 is 0. The fourth-order valence-corrected chi connectivity index (χ4v) is 2.97. The number of rotatable bonds is 3. The lowest BCUT2D eigenvalue weighted by Gasteiger charge is -2.36. The lowest BCUT2D eigenvalue weighted by molar-refractivity contribution is 0.258. The number of aromatic nitrogens is 1. The molecule has 0 atom stereocenters. The minimum atomic E-state index is 0.861. The normalized spacial score (nSPS) is 16.8. The average molecular weight is 270 g/mol. The van der Waals surface area contributed by atoms with Gasteiger partial charge < -0.3 is 10.6 Å². The first-order valence-electron chi connectivity index (χ1n) is 7.40. The van der Waals surface area contributed by atoms with Crippen molar-refractivity contribution in [3.8, 4) is 0 Å². The number of benzene rings is 1. The zero-order chi connectivity index (χ0) is 13.9. The molecule has 1 fully saturated rings. The Balaban J connectivity index is 1.83. The largest absolute Gasteiger partial charge is 0.396 e. The van der Waals surface area contributed by atoms with E-state index in [9.17, 15) is 0 Å². The molecular weight excluding hydrogens is 248 g/mol. The van der Waals surface area contributed by atoms with Gasteiger partial charge in [-0.05, 0) is 37.2 Å². The van der Waals surface area contributed by atoms with Gasteiger partial charge in [-0.3, -0.25) is 9.88 Å². The number of fused-ring (bicyclic) bond motifs is 1. The predicted molar refractivity (Wildman–Crippen MR) is 85.1 cm³/mol. The molecule has 0 aliphatic carbocycles. The summed E-state index contributed by atoms with van der Waals surface area (Å²) in [6.07, 6.45) is 3.04. The molecule has 0 radical (unpaired) electrons. The molecule has 0 bridgehead atoms. The van der Waals surface area contributed by atoms with Crippen LogP contribution in [0.25, 0.3) is 10.9 Å². The lowest BCUT2D eigenvalue weighted by atomic mass is 10.1. The van der Waals surface area contributed by atoms with Gasteiger partial charge in [-0.1, -0.05) is 6.92 Å². The Morgan fingerprint density at radius 3 is 2.70 bits per heavy atom. The molecule has 2 heterocycles. The van der Waals surface area contributed by atoms with Crippen LogP contribution in [0.1, 0.15) is 13.3 Å². The summed E-state index contributed by atoms with van der Waals surface area (Å²) in [5, 5.41) is 1.06. The third-order valence-corrected chi connectivity index (χ3v) is 4.06. The Morgan fingerprint density at radius 2 is 1.95 bits per heavy atom. The molecule has 2 N–H and O–H groups in total. The van der Waals surface area contributed by atoms with Gasteiger partial charge in [0.1, 0.15) is 0 Å². The van der Waals surface area contributed by atoms with Crippen LogP contribution in [-0.4, -0.2) is 42.6 Å². The fraction of sp³-hybridized carbons (Fsp3) is 0.438. The summed E-state index contributed by atoms with van der Waals surface area (Å²) in [4.78, 5) is 9.28. The molecule has 1 aliphatic rings. The second-order valence-corrected chi connectivity index (χ2v) is 5.40. The fourth-order valence-electron chi connectivity index (χ4n) is 2.97. The molecule has 2 aromatic rings. The van der Waals surface area contributed by atoms with Crippen molar-refractivity contribution in [1.82, 2.24) is 9.88 Å². The Bertz CT molecular complexity index is 588. The van der Waals surface area contributed by atoms with E-state index in [-0.39, 0.29) is 0 Å². The molecular formula is C16H22N4. The molecule has 20 heavy (non-hydrogen) atoms. The van der Waals surface area contributed by atoms with E-state index < -0.39 is 0 Å².